The molecule has 30 heavy (non-hydrogen) atoms. The lowest BCUT2D eigenvalue weighted by atomic mass is 9.98. The van der Waals surface area contributed by atoms with Crippen LogP contribution in [0.1, 0.15) is 54.4 Å². The highest BCUT2D eigenvalue weighted by atomic mass is 32.2. The number of carbonyl (C=O) groups is 1. The Morgan fingerprint density at radius 3 is 2.53 bits per heavy atom. The van der Waals surface area contributed by atoms with Gasteiger partial charge in [0.15, 0.2) is 0 Å². The van der Waals surface area contributed by atoms with Crippen LogP contribution in [-0.4, -0.2) is 33.6 Å². The van der Waals surface area contributed by atoms with Crippen LogP contribution in [-0.2, 0) is 14.8 Å². The van der Waals surface area contributed by atoms with Crippen LogP contribution in [0.3, 0.4) is 0 Å². The number of sulfonamides is 1. The van der Waals surface area contributed by atoms with E-state index in [1.165, 1.54) is 31.4 Å². The van der Waals surface area contributed by atoms with E-state index >= 15 is 0 Å². The molecular formula is C23H30N2O4S. The second kappa shape index (κ2) is 10.6. The molecule has 0 bridgehead atoms. The van der Waals surface area contributed by atoms with Crippen LogP contribution >= 0.6 is 0 Å². The van der Waals surface area contributed by atoms with Gasteiger partial charge in [-0.25, -0.2) is 8.42 Å². The zero-order chi connectivity index (χ0) is 21.4. The molecule has 2 aromatic carbocycles. The van der Waals surface area contributed by atoms with Gasteiger partial charge in [-0.3, -0.25) is 9.52 Å². The molecule has 0 heterocycles. The van der Waals surface area contributed by atoms with Crippen molar-refractivity contribution in [1.82, 2.24) is 5.32 Å². The lowest BCUT2D eigenvalue weighted by molar-refractivity contribution is 0.0273. The summed E-state index contributed by atoms with van der Waals surface area (Å²) >= 11 is 0. The molecule has 162 valence electrons. The summed E-state index contributed by atoms with van der Waals surface area (Å²) < 4.78 is 33.7. The smallest absolute Gasteiger partial charge is 0.261 e. The summed E-state index contributed by atoms with van der Waals surface area (Å²) in [7, 11) is -3.77. The average Bonchev–Trinajstić information content (AvgIpc) is 2.76. The molecule has 0 saturated heterocycles. The molecule has 0 aliphatic heterocycles. The molecule has 0 unspecified atom stereocenters. The van der Waals surface area contributed by atoms with Gasteiger partial charge < -0.3 is 10.1 Å². The zero-order valence-corrected chi connectivity index (χ0v) is 18.2. The number of rotatable bonds is 9. The molecule has 1 fully saturated rings. The van der Waals surface area contributed by atoms with Gasteiger partial charge in [-0.2, -0.15) is 0 Å². The van der Waals surface area contributed by atoms with Crippen LogP contribution in [0.25, 0.3) is 0 Å². The molecule has 1 saturated carbocycles. The van der Waals surface area contributed by atoms with Crippen molar-refractivity contribution < 1.29 is 17.9 Å². The number of aryl methyl sites for hydroxylation is 1. The predicted molar refractivity (Wildman–Crippen MR) is 118 cm³/mol. The molecule has 1 aliphatic rings. The van der Waals surface area contributed by atoms with Crippen molar-refractivity contribution >= 4 is 21.6 Å². The zero-order valence-electron chi connectivity index (χ0n) is 17.4. The van der Waals surface area contributed by atoms with E-state index in [2.05, 4.69) is 10.0 Å². The Bertz CT molecular complexity index is 936. The molecule has 0 radical (unpaired) electrons. The first-order valence-corrected chi connectivity index (χ1v) is 12.0. The van der Waals surface area contributed by atoms with Gasteiger partial charge in [0.1, 0.15) is 0 Å². The van der Waals surface area contributed by atoms with Gasteiger partial charge in [0.05, 0.1) is 11.0 Å². The second-order valence-electron chi connectivity index (χ2n) is 7.74. The van der Waals surface area contributed by atoms with Gasteiger partial charge >= 0.3 is 0 Å². The minimum Gasteiger partial charge on any atom is -0.378 e. The number of nitrogens with one attached hydrogen (secondary N) is 2. The maximum atomic E-state index is 12.7. The van der Waals surface area contributed by atoms with Crippen molar-refractivity contribution in [3.63, 3.8) is 0 Å². The molecule has 1 amide bonds. The van der Waals surface area contributed by atoms with Crippen molar-refractivity contribution in [3.8, 4) is 0 Å². The topological polar surface area (TPSA) is 84.5 Å². The number of carbonyl (C=O) groups excluding carboxylic acids is 1. The van der Waals surface area contributed by atoms with Gasteiger partial charge in [0.25, 0.3) is 15.9 Å². The summed E-state index contributed by atoms with van der Waals surface area (Å²) in [6, 6.07) is 13.1. The van der Waals surface area contributed by atoms with Gasteiger partial charge in [0, 0.05) is 24.4 Å². The fraction of sp³-hybridized carbons (Fsp3) is 0.435. The minimum absolute atomic E-state index is 0.0522. The Morgan fingerprint density at radius 1 is 1.07 bits per heavy atom. The van der Waals surface area contributed by atoms with Crippen molar-refractivity contribution in [2.45, 2.75) is 56.4 Å². The number of benzene rings is 2. The fourth-order valence-electron chi connectivity index (χ4n) is 3.50. The largest absolute Gasteiger partial charge is 0.378 e. The highest BCUT2D eigenvalue weighted by Crippen LogP contribution is 2.20. The van der Waals surface area contributed by atoms with E-state index in [-0.39, 0.29) is 10.8 Å². The summed E-state index contributed by atoms with van der Waals surface area (Å²) in [4.78, 5) is 12.5. The quantitative estimate of drug-likeness (QED) is 0.582. The maximum absolute atomic E-state index is 12.7. The Morgan fingerprint density at radius 2 is 1.80 bits per heavy atom. The first-order chi connectivity index (χ1) is 14.4. The van der Waals surface area contributed by atoms with E-state index in [4.69, 9.17) is 4.74 Å². The summed E-state index contributed by atoms with van der Waals surface area (Å²) in [6.45, 7) is 3.05. The van der Waals surface area contributed by atoms with Gasteiger partial charge in [0.2, 0.25) is 0 Å². The van der Waals surface area contributed by atoms with Crippen LogP contribution in [0.2, 0.25) is 0 Å². The SMILES string of the molecule is Cc1ccc(NS(=O)(=O)c2cccc(C(=O)NCCCOC3CCCCC3)c2)cc1. The van der Waals surface area contributed by atoms with E-state index in [0.717, 1.165) is 24.8 Å². The van der Waals surface area contributed by atoms with Crippen molar-refractivity contribution in [3.05, 3.63) is 59.7 Å². The minimum atomic E-state index is -3.77. The Balaban J connectivity index is 1.50. The summed E-state index contributed by atoms with van der Waals surface area (Å²) in [6.07, 6.45) is 7.12. The third kappa shape index (κ3) is 6.57. The molecule has 1 aliphatic carbocycles. The summed E-state index contributed by atoms with van der Waals surface area (Å²) in [5.41, 5.74) is 1.84. The highest BCUT2D eigenvalue weighted by molar-refractivity contribution is 7.92. The number of anilines is 1. The van der Waals surface area contributed by atoms with E-state index < -0.39 is 10.0 Å². The van der Waals surface area contributed by atoms with Crippen molar-refractivity contribution in [1.29, 1.82) is 0 Å². The van der Waals surface area contributed by atoms with Crippen LogP contribution in [0.5, 0.6) is 0 Å². The monoisotopic (exact) mass is 430 g/mol. The van der Waals surface area contributed by atoms with Crippen LogP contribution in [0, 0.1) is 6.92 Å². The fourth-order valence-corrected chi connectivity index (χ4v) is 4.60. The normalized spacial score (nSPS) is 15.0. The predicted octanol–water partition coefficient (Wildman–Crippen LogP) is 4.27. The van der Waals surface area contributed by atoms with Gasteiger partial charge in [-0.1, -0.05) is 43.0 Å². The first kappa shape index (κ1) is 22.3. The van der Waals surface area contributed by atoms with Crippen molar-refractivity contribution in [2.75, 3.05) is 17.9 Å². The van der Waals surface area contributed by atoms with E-state index in [9.17, 15) is 13.2 Å². The van der Waals surface area contributed by atoms with Gasteiger partial charge in [-0.15, -0.1) is 0 Å². The molecule has 3 rings (SSSR count). The molecule has 6 nitrogen and oxygen atoms in total. The standard InChI is InChI=1S/C23H30N2O4S/c1-18-11-13-20(14-12-18)25-30(27,28)22-10-5-7-19(17-22)23(26)24-15-6-16-29-21-8-3-2-4-9-21/h5,7,10-14,17,21,25H,2-4,6,8-9,15-16H2,1H3,(H,24,26). The number of amides is 1. The Labute approximate surface area is 179 Å². The molecule has 2 N–H and O–H groups in total. The molecule has 2 aromatic rings. The van der Waals surface area contributed by atoms with Crippen LogP contribution in [0.4, 0.5) is 5.69 Å². The Hall–Kier alpha value is -2.38. The lowest BCUT2D eigenvalue weighted by Gasteiger charge is -2.21. The van der Waals surface area contributed by atoms with Gasteiger partial charge in [-0.05, 0) is 56.5 Å². The highest BCUT2D eigenvalue weighted by Gasteiger charge is 2.17. The van der Waals surface area contributed by atoms with E-state index in [1.807, 2.05) is 19.1 Å². The molecule has 7 heteroatoms. The van der Waals surface area contributed by atoms with E-state index in [0.29, 0.717) is 30.5 Å². The molecular weight excluding hydrogens is 400 g/mol. The second-order valence-corrected chi connectivity index (χ2v) is 9.42. The Kier molecular flexibility index (Phi) is 7.87. The maximum Gasteiger partial charge on any atom is 0.261 e. The lowest BCUT2D eigenvalue weighted by Crippen LogP contribution is -2.26. The first-order valence-electron chi connectivity index (χ1n) is 10.5. The molecule has 0 atom stereocenters. The number of hydrogen-bond acceptors (Lipinski definition) is 4. The van der Waals surface area contributed by atoms with E-state index in [1.54, 1.807) is 24.3 Å². The number of ether oxygens (including phenoxy) is 1. The van der Waals surface area contributed by atoms with Crippen molar-refractivity contribution in [2.24, 2.45) is 0 Å². The molecule has 0 aromatic heterocycles. The van der Waals surface area contributed by atoms with Crippen LogP contribution in [0.15, 0.2) is 53.4 Å². The third-order valence-corrected chi connectivity index (χ3v) is 6.60. The third-order valence-electron chi connectivity index (χ3n) is 5.22. The summed E-state index contributed by atoms with van der Waals surface area (Å²) in [5, 5.41) is 2.84. The summed E-state index contributed by atoms with van der Waals surface area (Å²) in [5.74, 6) is -0.292. The number of hydrogen-bond donors (Lipinski definition) is 2. The van der Waals surface area contributed by atoms with Crippen LogP contribution < -0.4 is 10.0 Å². The average molecular weight is 431 g/mol. The molecule has 0 spiro atoms.